The van der Waals surface area contributed by atoms with Gasteiger partial charge in [-0.25, -0.2) is 0 Å². The van der Waals surface area contributed by atoms with E-state index in [-0.39, 0.29) is 11.8 Å². The molecule has 2 amide bonds. The van der Waals surface area contributed by atoms with Crippen LogP contribution in [0.1, 0.15) is 37.7 Å². The van der Waals surface area contributed by atoms with Crippen molar-refractivity contribution < 1.29 is 14.3 Å². The monoisotopic (exact) mass is 330 g/mol. The largest absolute Gasteiger partial charge is 0.481 e. The Morgan fingerprint density at radius 2 is 1.83 bits per heavy atom. The van der Waals surface area contributed by atoms with Crippen LogP contribution in [-0.2, 0) is 16.0 Å². The summed E-state index contributed by atoms with van der Waals surface area (Å²) in [6.07, 6.45) is 5.15. The van der Waals surface area contributed by atoms with Crippen molar-refractivity contribution in [1.82, 2.24) is 10.2 Å². The second kappa shape index (κ2) is 7.79. The highest BCUT2D eigenvalue weighted by Crippen LogP contribution is 2.23. The first-order valence-electron chi connectivity index (χ1n) is 8.88. The summed E-state index contributed by atoms with van der Waals surface area (Å²) in [4.78, 5) is 25.3. The molecule has 5 nitrogen and oxygen atoms in total. The lowest BCUT2D eigenvalue weighted by Crippen LogP contribution is -2.46. The van der Waals surface area contributed by atoms with E-state index in [9.17, 15) is 9.59 Å². The number of carbonyl (C=O) groups excluding carboxylic acids is 2. The number of ether oxygens (including phenoxy) is 1. The number of aryl methyl sites for hydroxylation is 1. The molecule has 1 atom stereocenters. The average molecular weight is 330 g/mol. The van der Waals surface area contributed by atoms with E-state index in [4.69, 9.17) is 4.74 Å². The molecule has 24 heavy (non-hydrogen) atoms. The molecule has 0 radical (unpaired) electrons. The Morgan fingerprint density at radius 3 is 2.50 bits per heavy atom. The molecule has 130 valence electrons. The molecule has 1 unspecified atom stereocenters. The van der Waals surface area contributed by atoms with Crippen LogP contribution in [0.25, 0.3) is 0 Å². The summed E-state index contributed by atoms with van der Waals surface area (Å²) in [5.41, 5.74) is 1.31. The molecule has 2 aliphatic rings. The molecule has 1 aromatic carbocycles. The van der Waals surface area contributed by atoms with Gasteiger partial charge < -0.3 is 9.64 Å². The lowest BCUT2D eigenvalue weighted by molar-refractivity contribution is -0.138. The zero-order valence-corrected chi connectivity index (χ0v) is 14.3. The number of piperidine rings is 2. The fourth-order valence-corrected chi connectivity index (χ4v) is 3.41. The van der Waals surface area contributed by atoms with E-state index in [0.29, 0.717) is 18.6 Å². The zero-order chi connectivity index (χ0) is 16.9. The lowest BCUT2D eigenvalue weighted by atomic mass is 9.91. The molecule has 0 spiro atoms. The van der Waals surface area contributed by atoms with Gasteiger partial charge in [-0.15, -0.1) is 0 Å². The second-order valence-electron chi connectivity index (χ2n) is 6.99. The molecule has 1 N–H and O–H groups in total. The van der Waals surface area contributed by atoms with Crippen molar-refractivity contribution in [3.63, 3.8) is 0 Å². The van der Waals surface area contributed by atoms with Gasteiger partial charge in [0.2, 0.25) is 5.91 Å². The number of hydrogen-bond donors (Lipinski definition) is 1. The standard InChI is InChI=1S/C19H26N2O3/c1-21-12-10-15(11-13-21)3-2-14-4-6-16(7-5-14)24-17-8-9-18(22)20-19(17)23/h4-7,15,17H,2-3,8-13H2,1H3,(H,20,22,23). The van der Waals surface area contributed by atoms with Crippen LogP contribution < -0.4 is 10.1 Å². The Balaban J connectivity index is 1.46. The minimum absolute atomic E-state index is 0.218. The van der Waals surface area contributed by atoms with E-state index < -0.39 is 6.10 Å². The summed E-state index contributed by atoms with van der Waals surface area (Å²) in [5.74, 6) is 0.967. The third-order valence-corrected chi connectivity index (χ3v) is 5.07. The molecule has 1 aromatic rings. The Labute approximate surface area is 143 Å². The van der Waals surface area contributed by atoms with Crippen molar-refractivity contribution >= 4 is 11.8 Å². The van der Waals surface area contributed by atoms with E-state index in [1.54, 1.807) is 0 Å². The van der Waals surface area contributed by atoms with E-state index in [0.717, 1.165) is 12.3 Å². The number of hydrogen-bond acceptors (Lipinski definition) is 4. The minimum atomic E-state index is -0.562. The predicted octanol–water partition coefficient (Wildman–Crippen LogP) is 2.14. The second-order valence-corrected chi connectivity index (χ2v) is 6.99. The quantitative estimate of drug-likeness (QED) is 0.841. The van der Waals surface area contributed by atoms with Gasteiger partial charge in [0.1, 0.15) is 5.75 Å². The van der Waals surface area contributed by atoms with Gasteiger partial charge in [0.25, 0.3) is 5.91 Å². The maximum atomic E-state index is 11.7. The number of amides is 2. The summed E-state index contributed by atoms with van der Waals surface area (Å²) >= 11 is 0. The third-order valence-electron chi connectivity index (χ3n) is 5.07. The molecular weight excluding hydrogens is 304 g/mol. The van der Waals surface area contributed by atoms with Crippen molar-refractivity contribution in [3.8, 4) is 5.75 Å². The van der Waals surface area contributed by atoms with Crippen LogP contribution in [0.2, 0.25) is 0 Å². The van der Waals surface area contributed by atoms with Gasteiger partial charge in [0, 0.05) is 12.8 Å². The van der Waals surface area contributed by atoms with Crippen LogP contribution in [0, 0.1) is 5.92 Å². The van der Waals surface area contributed by atoms with E-state index in [1.165, 1.54) is 37.9 Å². The molecular formula is C19H26N2O3. The van der Waals surface area contributed by atoms with Gasteiger partial charge in [-0.05, 0) is 69.4 Å². The number of benzene rings is 1. The Kier molecular flexibility index (Phi) is 5.51. The van der Waals surface area contributed by atoms with Gasteiger partial charge in [-0.3, -0.25) is 14.9 Å². The van der Waals surface area contributed by atoms with Crippen LogP contribution in [0.15, 0.2) is 24.3 Å². The summed E-state index contributed by atoms with van der Waals surface area (Å²) < 4.78 is 5.71. The highest BCUT2D eigenvalue weighted by atomic mass is 16.5. The highest BCUT2D eigenvalue weighted by molar-refractivity contribution is 5.99. The summed E-state index contributed by atoms with van der Waals surface area (Å²) in [7, 11) is 2.19. The smallest absolute Gasteiger partial charge is 0.267 e. The first-order valence-corrected chi connectivity index (χ1v) is 8.88. The predicted molar refractivity (Wildman–Crippen MR) is 91.8 cm³/mol. The maximum Gasteiger partial charge on any atom is 0.267 e. The Bertz CT molecular complexity index is 577. The van der Waals surface area contributed by atoms with Crippen molar-refractivity contribution in [1.29, 1.82) is 0 Å². The fraction of sp³-hybridized carbons (Fsp3) is 0.579. The van der Waals surface area contributed by atoms with Gasteiger partial charge in [-0.1, -0.05) is 12.1 Å². The average Bonchev–Trinajstić information content (AvgIpc) is 2.58. The van der Waals surface area contributed by atoms with Crippen LogP contribution in [0.5, 0.6) is 5.75 Å². The highest BCUT2D eigenvalue weighted by Gasteiger charge is 2.28. The fourth-order valence-electron chi connectivity index (χ4n) is 3.41. The maximum absolute atomic E-state index is 11.7. The topological polar surface area (TPSA) is 58.6 Å². The van der Waals surface area contributed by atoms with E-state index in [2.05, 4.69) is 29.4 Å². The van der Waals surface area contributed by atoms with Gasteiger partial charge in [0.15, 0.2) is 6.10 Å². The number of rotatable bonds is 5. The number of imide groups is 1. The summed E-state index contributed by atoms with van der Waals surface area (Å²) in [5, 5.41) is 2.31. The number of nitrogens with zero attached hydrogens (tertiary/aromatic N) is 1. The van der Waals surface area contributed by atoms with E-state index in [1.807, 2.05) is 12.1 Å². The molecule has 2 aliphatic heterocycles. The van der Waals surface area contributed by atoms with Gasteiger partial charge >= 0.3 is 0 Å². The van der Waals surface area contributed by atoms with Crippen molar-refractivity contribution in [2.75, 3.05) is 20.1 Å². The van der Waals surface area contributed by atoms with Crippen molar-refractivity contribution in [3.05, 3.63) is 29.8 Å². The molecule has 0 saturated carbocycles. The first-order chi connectivity index (χ1) is 11.6. The SMILES string of the molecule is CN1CCC(CCc2ccc(OC3CCC(=O)NC3=O)cc2)CC1. The molecule has 3 rings (SSSR count). The normalized spacial score (nSPS) is 23.1. The molecule has 2 heterocycles. The molecule has 0 aromatic heterocycles. The molecule has 2 saturated heterocycles. The Morgan fingerprint density at radius 1 is 1.12 bits per heavy atom. The zero-order valence-electron chi connectivity index (χ0n) is 14.3. The minimum Gasteiger partial charge on any atom is -0.481 e. The Hall–Kier alpha value is -1.88. The number of likely N-dealkylation sites (tertiary alicyclic amines) is 1. The molecule has 5 heteroatoms. The van der Waals surface area contributed by atoms with Crippen LogP contribution in [0.3, 0.4) is 0 Å². The lowest BCUT2D eigenvalue weighted by Gasteiger charge is -2.28. The molecule has 2 fully saturated rings. The van der Waals surface area contributed by atoms with Gasteiger partial charge in [0.05, 0.1) is 0 Å². The molecule has 0 aliphatic carbocycles. The number of carbonyl (C=O) groups is 2. The van der Waals surface area contributed by atoms with Crippen molar-refractivity contribution in [2.24, 2.45) is 5.92 Å². The van der Waals surface area contributed by atoms with Crippen LogP contribution >= 0.6 is 0 Å². The van der Waals surface area contributed by atoms with Crippen LogP contribution in [0.4, 0.5) is 0 Å². The molecule has 0 bridgehead atoms. The summed E-state index contributed by atoms with van der Waals surface area (Å²) in [6.45, 7) is 2.42. The van der Waals surface area contributed by atoms with Crippen molar-refractivity contribution in [2.45, 2.75) is 44.6 Å². The van der Waals surface area contributed by atoms with Crippen LogP contribution in [-0.4, -0.2) is 43.0 Å². The summed E-state index contributed by atoms with van der Waals surface area (Å²) in [6, 6.07) is 8.01. The third kappa shape index (κ3) is 4.57. The first kappa shape index (κ1) is 17.0. The number of nitrogens with one attached hydrogen (secondary N) is 1. The van der Waals surface area contributed by atoms with Gasteiger partial charge in [-0.2, -0.15) is 0 Å². The van der Waals surface area contributed by atoms with E-state index >= 15 is 0 Å².